The van der Waals surface area contributed by atoms with Gasteiger partial charge in [0.1, 0.15) is 29.1 Å². The predicted octanol–water partition coefficient (Wildman–Crippen LogP) is 6.08. The van der Waals surface area contributed by atoms with Gasteiger partial charge in [-0.05, 0) is 78.9 Å². The first-order valence-electron chi connectivity index (χ1n) is 11.8. The lowest BCUT2D eigenvalue weighted by Crippen LogP contribution is -2.24. The van der Waals surface area contributed by atoms with Crippen LogP contribution in [0.5, 0.6) is 0 Å². The standard InChI is InChI=1S/C28H21F4N5/c1-15-33-27-25(17-8-19(29)13-20(30)9-17)26(18-10-21(31)14-22(32)11-18)28(37(27)35-15)34-23-5-6-24-16(12-23)4-3-7-36(24)2/h5-6,8-14H,3-4,7H2,1-2H3/b34-28+. The molecule has 0 amide bonds. The van der Waals surface area contributed by atoms with E-state index in [1.165, 1.54) is 4.68 Å². The minimum atomic E-state index is -0.794. The molecule has 4 aromatic rings. The van der Waals surface area contributed by atoms with E-state index in [1.807, 2.05) is 25.2 Å². The molecule has 6 rings (SSSR count). The summed E-state index contributed by atoms with van der Waals surface area (Å²) in [5.41, 5.74) is 3.73. The van der Waals surface area contributed by atoms with Crippen molar-refractivity contribution in [3.8, 4) is 0 Å². The molecular formula is C28H21F4N5. The SMILES string of the molecule is Cc1nc2n(n1)/C(=N/c1ccc3c(c1)CCCN3C)C(c1cc(F)cc(F)c1)=C2c1cc(F)cc(F)c1. The summed E-state index contributed by atoms with van der Waals surface area (Å²) in [6, 6.07) is 12.0. The maximum atomic E-state index is 14.4. The van der Waals surface area contributed by atoms with Gasteiger partial charge in [-0.2, -0.15) is 4.68 Å². The Kier molecular flexibility index (Phi) is 5.43. The molecule has 0 aliphatic carbocycles. The third-order valence-corrected chi connectivity index (χ3v) is 6.56. The molecule has 5 nitrogen and oxygen atoms in total. The normalized spacial score (nSPS) is 15.9. The fourth-order valence-electron chi connectivity index (χ4n) is 5.06. The van der Waals surface area contributed by atoms with Crippen LogP contribution in [0.2, 0.25) is 0 Å². The summed E-state index contributed by atoms with van der Waals surface area (Å²) in [6.45, 7) is 2.65. The quantitative estimate of drug-likeness (QED) is 0.319. The van der Waals surface area contributed by atoms with E-state index in [2.05, 4.69) is 15.0 Å². The first-order valence-corrected chi connectivity index (χ1v) is 11.8. The smallest absolute Gasteiger partial charge is 0.166 e. The Morgan fingerprint density at radius 1 is 0.811 bits per heavy atom. The molecule has 0 saturated heterocycles. The highest BCUT2D eigenvalue weighted by molar-refractivity contribution is 6.35. The van der Waals surface area contributed by atoms with Crippen molar-refractivity contribution in [1.29, 1.82) is 0 Å². The zero-order chi connectivity index (χ0) is 25.8. The number of anilines is 1. The highest BCUT2D eigenvalue weighted by Crippen LogP contribution is 2.40. The van der Waals surface area contributed by atoms with E-state index in [0.29, 0.717) is 11.5 Å². The number of aryl methyl sites for hydroxylation is 2. The molecule has 3 aromatic carbocycles. The van der Waals surface area contributed by atoms with Crippen LogP contribution in [0.3, 0.4) is 0 Å². The number of benzene rings is 3. The molecule has 9 heteroatoms. The first kappa shape index (κ1) is 23.1. The molecule has 0 fully saturated rings. The summed E-state index contributed by atoms with van der Waals surface area (Å²) in [5.74, 6) is -2.23. The molecular weight excluding hydrogens is 482 g/mol. The number of fused-ring (bicyclic) bond motifs is 2. The van der Waals surface area contributed by atoms with E-state index in [1.54, 1.807) is 6.92 Å². The summed E-state index contributed by atoms with van der Waals surface area (Å²) in [5, 5.41) is 4.46. The molecule has 186 valence electrons. The highest BCUT2D eigenvalue weighted by Gasteiger charge is 2.34. The largest absolute Gasteiger partial charge is 0.374 e. The molecule has 0 spiro atoms. The van der Waals surface area contributed by atoms with Gasteiger partial charge >= 0.3 is 0 Å². The summed E-state index contributed by atoms with van der Waals surface area (Å²) < 4.78 is 58.8. The molecule has 0 bridgehead atoms. The Balaban J connectivity index is 1.64. The van der Waals surface area contributed by atoms with Crippen LogP contribution < -0.4 is 4.90 Å². The van der Waals surface area contributed by atoms with E-state index in [0.717, 1.165) is 67.0 Å². The van der Waals surface area contributed by atoms with Crippen LogP contribution in [0.25, 0.3) is 11.1 Å². The number of hydrogen-bond acceptors (Lipinski definition) is 4. The van der Waals surface area contributed by atoms with Gasteiger partial charge in [0.15, 0.2) is 11.7 Å². The third kappa shape index (κ3) is 4.10. The van der Waals surface area contributed by atoms with Crippen LogP contribution in [0, 0.1) is 30.2 Å². The number of aromatic nitrogens is 3. The van der Waals surface area contributed by atoms with Gasteiger partial charge in [0.05, 0.1) is 5.69 Å². The monoisotopic (exact) mass is 503 g/mol. The Morgan fingerprint density at radius 2 is 1.43 bits per heavy atom. The third-order valence-electron chi connectivity index (χ3n) is 6.56. The highest BCUT2D eigenvalue weighted by atomic mass is 19.1. The van der Waals surface area contributed by atoms with Crippen LogP contribution in [0.15, 0.2) is 59.6 Å². The van der Waals surface area contributed by atoms with Crippen molar-refractivity contribution in [1.82, 2.24) is 14.8 Å². The zero-order valence-corrected chi connectivity index (χ0v) is 20.1. The Bertz CT molecular complexity index is 1600. The fourth-order valence-corrected chi connectivity index (χ4v) is 5.06. The minimum absolute atomic E-state index is 0.151. The number of nitrogens with zero attached hydrogens (tertiary/aromatic N) is 5. The molecule has 0 atom stereocenters. The van der Waals surface area contributed by atoms with Gasteiger partial charge < -0.3 is 4.90 Å². The van der Waals surface area contributed by atoms with Crippen molar-refractivity contribution < 1.29 is 17.6 Å². The van der Waals surface area contributed by atoms with Gasteiger partial charge in [-0.3, -0.25) is 0 Å². The number of halogens is 4. The van der Waals surface area contributed by atoms with Crippen molar-refractivity contribution in [3.05, 3.63) is 106 Å². The van der Waals surface area contributed by atoms with Crippen molar-refractivity contribution in [2.24, 2.45) is 4.99 Å². The van der Waals surface area contributed by atoms with Gasteiger partial charge in [-0.25, -0.2) is 27.5 Å². The summed E-state index contributed by atoms with van der Waals surface area (Å²) in [6.07, 6.45) is 1.91. The molecule has 0 radical (unpaired) electrons. The average molecular weight is 504 g/mol. The predicted molar refractivity (Wildman–Crippen MR) is 134 cm³/mol. The molecule has 0 unspecified atom stereocenters. The van der Waals surface area contributed by atoms with E-state index >= 15 is 0 Å². The van der Waals surface area contributed by atoms with Gasteiger partial charge in [-0.1, -0.05) is 0 Å². The van der Waals surface area contributed by atoms with Crippen LogP contribution in [-0.2, 0) is 6.42 Å². The van der Waals surface area contributed by atoms with Crippen LogP contribution in [-0.4, -0.2) is 34.2 Å². The van der Waals surface area contributed by atoms with E-state index < -0.39 is 23.3 Å². The maximum Gasteiger partial charge on any atom is 0.166 e. The topological polar surface area (TPSA) is 46.3 Å². The molecule has 37 heavy (non-hydrogen) atoms. The van der Waals surface area contributed by atoms with Crippen LogP contribution in [0.4, 0.5) is 28.9 Å². The second-order valence-corrected chi connectivity index (χ2v) is 9.23. The van der Waals surface area contributed by atoms with Gasteiger partial charge in [-0.15, -0.1) is 5.10 Å². The van der Waals surface area contributed by atoms with Crippen molar-refractivity contribution in [2.75, 3.05) is 18.5 Å². The number of hydrogen-bond donors (Lipinski definition) is 0. The fraction of sp³-hybridized carbons (Fsp3) is 0.179. The molecule has 2 aliphatic heterocycles. The Hall–Kier alpha value is -4.27. The Labute approximate surface area is 210 Å². The molecule has 3 heterocycles. The minimum Gasteiger partial charge on any atom is -0.374 e. The summed E-state index contributed by atoms with van der Waals surface area (Å²) >= 11 is 0. The lowest BCUT2D eigenvalue weighted by atomic mass is 9.95. The van der Waals surface area contributed by atoms with Crippen LogP contribution >= 0.6 is 0 Å². The van der Waals surface area contributed by atoms with E-state index in [-0.39, 0.29) is 33.9 Å². The van der Waals surface area contributed by atoms with Gasteiger partial charge in [0.25, 0.3) is 0 Å². The summed E-state index contributed by atoms with van der Waals surface area (Å²) in [4.78, 5) is 11.5. The molecule has 1 aromatic heterocycles. The van der Waals surface area contributed by atoms with E-state index in [4.69, 9.17) is 4.99 Å². The Morgan fingerprint density at radius 3 is 2.08 bits per heavy atom. The molecule has 0 saturated carbocycles. The van der Waals surface area contributed by atoms with Gasteiger partial charge in [0, 0.05) is 42.6 Å². The number of rotatable bonds is 3. The van der Waals surface area contributed by atoms with Crippen molar-refractivity contribution >= 4 is 28.4 Å². The molecule has 2 aliphatic rings. The van der Waals surface area contributed by atoms with Crippen molar-refractivity contribution in [2.45, 2.75) is 19.8 Å². The summed E-state index contributed by atoms with van der Waals surface area (Å²) in [7, 11) is 2.04. The zero-order valence-electron chi connectivity index (χ0n) is 20.1. The number of aliphatic imine (C=N–C) groups is 1. The molecule has 0 N–H and O–H groups in total. The lowest BCUT2D eigenvalue weighted by molar-refractivity contribution is 0.581. The second kappa shape index (κ2) is 8.69. The van der Waals surface area contributed by atoms with E-state index in [9.17, 15) is 17.6 Å². The van der Waals surface area contributed by atoms with Gasteiger partial charge in [0.2, 0.25) is 0 Å². The first-order chi connectivity index (χ1) is 17.8. The lowest BCUT2D eigenvalue weighted by Gasteiger charge is -2.27. The number of allylic oxidation sites excluding steroid dienone is 1. The average Bonchev–Trinajstić information content (AvgIpc) is 3.33. The van der Waals surface area contributed by atoms with Crippen LogP contribution in [0.1, 0.15) is 34.8 Å². The van der Waals surface area contributed by atoms with Crippen molar-refractivity contribution in [3.63, 3.8) is 0 Å². The second-order valence-electron chi connectivity index (χ2n) is 9.23. The maximum absolute atomic E-state index is 14.4.